The van der Waals surface area contributed by atoms with Gasteiger partial charge in [-0.25, -0.2) is 12.8 Å². The van der Waals surface area contributed by atoms with E-state index in [4.69, 9.17) is 9.47 Å². The molecule has 2 heterocycles. The van der Waals surface area contributed by atoms with Gasteiger partial charge in [-0.2, -0.15) is 4.31 Å². The van der Waals surface area contributed by atoms with Gasteiger partial charge >= 0.3 is 0 Å². The highest BCUT2D eigenvalue weighted by Gasteiger charge is 2.53. The molecule has 2 atom stereocenters. The van der Waals surface area contributed by atoms with Crippen molar-refractivity contribution in [2.75, 3.05) is 26.8 Å². The maximum Gasteiger partial charge on any atom is 0.243 e. The molecule has 0 N–H and O–H groups in total. The van der Waals surface area contributed by atoms with Gasteiger partial charge in [0.2, 0.25) is 10.0 Å². The van der Waals surface area contributed by atoms with Crippen LogP contribution < -0.4 is 0 Å². The Labute approximate surface area is 123 Å². The van der Waals surface area contributed by atoms with Gasteiger partial charge in [-0.15, -0.1) is 0 Å². The standard InChI is InChI=1S/C14H18FNO4S/c1-19-13-9-16(10-14(13)7-2-8-20-14)21(17,18)12-5-3-11(15)4-6-12/h3-6,13H,2,7-10H2,1H3/t13-,14-/m0/s1. The lowest BCUT2D eigenvalue weighted by Crippen LogP contribution is -2.42. The molecule has 2 aliphatic heterocycles. The van der Waals surface area contributed by atoms with Gasteiger partial charge in [-0.3, -0.25) is 0 Å². The van der Waals surface area contributed by atoms with E-state index in [1.807, 2.05) is 0 Å². The van der Waals surface area contributed by atoms with Crippen molar-refractivity contribution < 1.29 is 22.3 Å². The molecule has 2 aliphatic rings. The van der Waals surface area contributed by atoms with E-state index >= 15 is 0 Å². The smallest absolute Gasteiger partial charge is 0.243 e. The number of hydrogen-bond donors (Lipinski definition) is 0. The average molecular weight is 315 g/mol. The van der Waals surface area contributed by atoms with Crippen LogP contribution in [0.1, 0.15) is 12.8 Å². The summed E-state index contributed by atoms with van der Waals surface area (Å²) >= 11 is 0. The predicted molar refractivity (Wildman–Crippen MR) is 73.9 cm³/mol. The van der Waals surface area contributed by atoms with Gasteiger partial charge in [0.15, 0.2) is 0 Å². The molecule has 116 valence electrons. The number of sulfonamides is 1. The molecule has 0 bridgehead atoms. The third kappa shape index (κ3) is 2.48. The molecule has 0 aromatic heterocycles. The number of nitrogens with zero attached hydrogens (tertiary/aromatic N) is 1. The van der Waals surface area contributed by atoms with E-state index in [-0.39, 0.29) is 24.1 Å². The van der Waals surface area contributed by atoms with E-state index in [0.29, 0.717) is 6.61 Å². The van der Waals surface area contributed by atoms with Crippen LogP contribution in [-0.4, -0.2) is 51.2 Å². The van der Waals surface area contributed by atoms with Crippen LogP contribution in [0.3, 0.4) is 0 Å². The average Bonchev–Trinajstić information content (AvgIpc) is 3.08. The molecule has 1 aromatic carbocycles. The lowest BCUT2D eigenvalue weighted by molar-refractivity contribution is -0.0753. The maximum atomic E-state index is 13.0. The fourth-order valence-electron chi connectivity index (χ4n) is 3.14. The summed E-state index contributed by atoms with van der Waals surface area (Å²) < 4.78 is 50.8. The molecule has 5 nitrogen and oxygen atoms in total. The van der Waals surface area contributed by atoms with Gasteiger partial charge in [0.05, 0.1) is 4.90 Å². The number of halogens is 1. The van der Waals surface area contributed by atoms with Crippen LogP contribution in [-0.2, 0) is 19.5 Å². The van der Waals surface area contributed by atoms with Crippen molar-refractivity contribution in [3.05, 3.63) is 30.1 Å². The van der Waals surface area contributed by atoms with Gasteiger partial charge in [0.1, 0.15) is 17.5 Å². The van der Waals surface area contributed by atoms with Crippen molar-refractivity contribution in [3.8, 4) is 0 Å². The quantitative estimate of drug-likeness (QED) is 0.846. The fourth-order valence-corrected chi connectivity index (χ4v) is 4.64. The zero-order valence-corrected chi connectivity index (χ0v) is 12.6. The second-order valence-electron chi connectivity index (χ2n) is 5.49. The van der Waals surface area contributed by atoms with Crippen molar-refractivity contribution in [2.24, 2.45) is 0 Å². The Balaban J connectivity index is 1.88. The summed E-state index contributed by atoms with van der Waals surface area (Å²) in [7, 11) is -2.08. The first-order valence-electron chi connectivity index (χ1n) is 6.90. The van der Waals surface area contributed by atoms with Crippen molar-refractivity contribution >= 4 is 10.0 Å². The molecule has 1 aromatic rings. The van der Waals surface area contributed by atoms with Crippen molar-refractivity contribution in [3.63, 3.8) is 0 Å². The van der Waals surface area contributed by atoms with Crippen molar-refractivity contribution in [1.82, 2.24) is 4.31 Å². The van der Waals surface area contributed by atoms with Crippen LogP contribution in [0.15, 0.2) is 29.2 Å². The highest BCUT2D eigenvalue weighted by atomic mass is 32.2. The molecular formula is C14H18FNO4S. The second kappa shape index (κ2) is 5.31. The maximum absolute atomic E-state index is 13.0. The number of ether oxygens (including phenoxy) is 2. The van der Waals surface area contributed by atoms with Gasteiger partial charge in [-0.1, -0.05) is 0 Å². The normalized spacial score (nSPS) is 30.3. The van der Waals surface area contributed by atoms with E-state index in [9.17, 15) is 12.8 Å². The first-order valence-corrected chi connectivity index (χ1v) is 8.34. The first kappa shape index (κ1) is 14.9. The fraction of sp³-hybridized carbons (Fsp3) is 0.571. The van der Waals surface area contributed by atoms with Gasteiger partial charge in [0.25, 0.3) is 0 Å². The van der Waals surface area contributed by atoms with Gasteiger partial charge in [0, 0.05) is 26.8 Å². The van der Waals surface area contributed by atoms with E-state index in [0.717, 1.165) is 25.0 Å². The van der Waals surface area contributed by atoms with E-state index in [1.54, 1.807) is 7.11 Å². The predicted octanol–water partition coefficient (Wildman–Crippen LogP) is 1.39. The number of hydrogen-bond acceptors (Lipinski definition) is 4. The van der Waals surface area contributed by atoms with Crippen LogP contribution >= 0.6 is 0 Å². The summed E-state index contributed by atoms with van der Waals surface area (Å²) in [6.45, 7) is 1.17. The van der Waals surface area contributed by atoms with Gasteiger partial charge < -0.3 is 9.47 Å². The van der Waals surface area contributed by atoms with Crippen LogP contribution in [0.25, 0.3) is 0 Å². The minimum absolute atomic E-state index is 0.0915. The van der Waals surface area contributed by atoms with Crippen LogP contribution in [0.4, 0.5) is 4.39 Å². The van der Waals surface area contributed by atoms with Gasteiger partial charge in [-0.05, 0) is 37.1 Å². The van der Waals surface area contributed by atoms with Crippen molar-refractivity contribution in [2.45, 2.75) is 29.4 Å². The molecule has 0 amide bonds. The highest BCUT2D eigenvalue weighted by Crippen LogP contribution is 2.38. The molecule has 0 aliphatic carbocycles. The molecule has 0 saturated carbocycles. The Morgan fingerprint density at radius 2 is 2.10 bits per heavy atom. The molecule has 0 unspecified atom stereocenters. The van der Waals surface area contributed by atoms with Crippen LogP contribution in [0, 0.1) is 5.82 Å². The lowest BCUT2D eigenvalue weighted by Gasteiger charge is -2.27. The minimum Gasteiger partial charge on any atom is -0.377 e. The summed E-state index contributed by atoms with van der Waals surface area (Å²) in [6.07, 6.45) is 1.43. The van der Waals surface area contributed by atoms with E-state index < -0.39 is 21.4 Å². The van der Waals surface area contributed by atoms with Crippen LogP contribution in [0.5, 0.6) is 0 Å². The Kier molecular flexibility index (Phi) is 3.77. The SMILES string of the molecule is CO[C@H]1CN(S(=O)(=O)c2ccc(F)cc2)C[C@@]12CCCO2. The molecule has 7 heteroatoms. The summed E-state index contributed by atoms with van der Waals surface area (Å²) in [6, 6.07) is 4.87. The van der Waals surface area contributed by atoms with Crippen LogP contribution in [0.2, 0.25) is 0 Å². The molecular weight excluding hydrogens is 297 g/mol. The lowest BCUT2D eigenvalue weighted by atomic mass is 9.97. The first-order chi connectivity index (χ1) is 9.98. The molecule has 2 saturated heterocycles. The summed E-state index contributed by atoms with van der Waals surface area (Å²) in [5, 5.41) is 0. The van der Waals surface area contributed by atoms with Crippen molar-refractivity contribution in [1.29, 1.82) is 0 Å². The summed E-state index contributed by atoms with van der Waals surface area (Å²) in [5.41, 5.74) is -0.540. The largest absolute Gasteiger partial charge is 0.377 e. The zero-order chi connectivity index (χ0) is 15.1. The third-order valence-electron chi connectivity index (χ3n) is 4.27. The molecule has 2 fully saturated rings. The third-order valence-corrected chi connectivity index (χ3v) is 6.10. The number of benzene rings is 1. The second-order valence-corrected chi connectivity index (χ2v) is 7.43. The molecule has 0 radical (unpaired) electrons. The van der Waals surface area contributed by atoms with E-state index in [1.165, 1.54) is 16.4 Å². The molecule has 1 spiro atoms. The summed E-state index contributed by atoms with van der Waals surface area (Å²) in [5.74, 6) is -0.458. The number of methoxy groups -OCH3 is 1. The highest BCUT2D eigenvalue weighted by molar-refractivity contribution is 7.89. The molecule has 21 heavy (non-hydrogen) atoms. The summed E-state index contributed by atoms with van der Waals surface area (Å²) in [4.78, 5) is 0.0915. The Morgan fingerprint density at radius 1 is 1.38 bits per heavy atom. The Bertz CT molecular complexity index is 610. The monoisotopic (exact) mass is 315 g/mol. The Hall–Kier alpha value is -1.02. The zero-order valence-electron chi connectivity index (χ0n) is 11.8. The minimum atomic E-state index is -3.66. The number of rotatable bonds is 3. The van der Waals surface area contributed by atoms with E-state index in [2.05, 4.69) is 0 Å². The molecule has 3 rings (SSSR count). The Morgan fingerprint density at radius 3 is 2.67 bits per heavy atom. The topological polar surface area (TPSA) is 55.8 Å².